The van der Waals surface area contributed by atoms with E-state index >= 15 is 0 Å². The fraction of sp³-hybridized carbons (Fsp3) is 0.444. The smallest absolute Gasteiger partial charge is 0.170 e. The number of aldehydes is 1. The average molecular weight is 407 g/mol. The summed E-state index contributed by atoms with van der Waals surface area (Å²) in [7, 11) is 0. The van der Waals surface area contributed by atoms with Crippen molar-refractivity contribution in [3.05, 3.63) is 71.8 Å². The molecule has 0 bridgehead atoms. The van der Waals surface area contributed by atoms with Gasteiger partial charge >= 0.3 is 0 Å². The Morgan fingerprint density at radius 2 is 1.27 bits per heavy atom. The maximum absolute atomic E-state index is 13.1. The van der Waals surface area contributed by atoms with Crippen molar-refractivity contribution in [1.82, 2.24) is 0 Å². The highest BCUT2D eigenvalue weighted by molar-refractivity contribution is 6.00. The summed E-state index contributed by atoms with van der Waals surface area (Å²) in [6, 6.07) is 19.5. The zero-order chi connectivity index (χ0) is 21.4. The molecule has 0 N–H and O–H groups in total. The Morgan fingerprint density at radius 1 is 0.700 bits per heavy atom. The minimum atomic E-state index is -0.129. The van der Waals surface area contributed by atoms with Crippen LogP contribution in [0.4, 0.5) is 0 Å². The number of unbranched alkanes of at least 4 members (excludes halogenated alkanes) is 6. The topological polar surface area (TPSA) is 51.2 Å². The molecule has 0 aliphatic heterocycles. The van der Waals surface area contributed by atoms with Gasteiger partial charge in [-0.2, -0.15) is 0 Å². The van der Waals surface area contributed by atoms with Gasteiger partial charge in [0.25, 0.3) is 0 Å². The normalized spacial score (nSPS) is 11.7. The van der Waals surface area contributed by atoms with Crippen molar-refractivity contribution in [2.45, 2.75) is 76.5 Å². The number of carbonyl (C=O) groups is 3. The summed E-state index contributed by atoms with van der Waals surface area (Å²) in [6.07, 6.45) is 10.4. The third-order valence-corrected chi connectivity index (χ3v) is 5.55. The highest BCUT2D eigenvalue weighted by Gasteiger charge is 2.21. The number of rotatable bonds is 16. The Labute approximate surface area is 180 Å². The zero-order valence-corrected chi connectivity index (χ0v) is 17.9. The minimum absolute atomic E-state index is 0.129. The lowest BCUT2D eigenvalue weighted by molar-refractivity contribution is -0.119. The Balaban J connectivity index is 1.72. The van der Waals surface area contributed by atoms with Gasteiger partial charge in [0.1, 0.15) is 12.1 Å². The fourth-order valence-electron chi connectivity index (χ4n) is 3.81. The molecular formula is C27H34O3. The van der Waals surface area contributed by atoms with Gasteiger partial charge in [0.2, 0.25) is 0 Å². The molecule has 0 saturated heterocycles. The van der Waals surface area contributed by atoms with E-state index in [9.17, 15) is 14.4 Å². The number of hydrogen-bond acceptors (Lipinski definition) is 3. The van der Waals surface area contributed by atoms with Crippen molar-refractivity contribution in [2.75, 3.05) is 0 Å². The number of benzene rings is 2. The van der Waals surface area contributed by atoms with Gasteiger partial charge in [-0.3, -0.25) is 9.59 Å². The van der Waals surface area contributed by atoms with E-state index in [0.29, 0.717) is 25.0 Å². The molecular weight excluding hydrogens is 372 g/mol. The second-order valence-electron chi connectivity index (χ2n) is 7.95. The van der Waals surface area contributed by atoms with E-state index in [1.165, 1.54) is 0 Å². The Hall–Kier alpha value is -2.55. The number of hydrogen-bond donors (Lipinski definition) is 0. The van der Waals surface area contributed by atoms with Gasteiger partial charge in [0, 0.05) is 30.7 Å². The maximum Gasteiger partial charge on any atom is 0.170 e. The first-order valence-corrected chi connectivity index (χ1v) is 11.3. The van der Waals surface area contributed by atoms with Crippen LogP contribution in [0.3, 0.4) is 0 Å². The first-order chi connectivity index (χ1) is 14.7. The van der Waals surface area contributed by atoms with Gasteiger partial charge in [0.15, 0.2) is 5.78 Å². The van der Waals surface area contributed by atoms with E-state index in [1.54, 1.807) is 0 Å². The van der Waals surface area contributed by atoms with Crippen LogP contribution in [0, 0.1) is 0 Å². The van der Waals surface area contributed by atoms with E-state index in [-0.39, 0.29) is 11.7 Å². The first kappa shape index (κ1) is 23.7. The molecule has 2 aromatic carbocycles. The summed E-state index contributed by atoms with van der Waals surface area (Å²) < 4.78 is 0. The van der Waals surface area contributed by atoms with Gasteiger partial charge in [0.05, 0.1) is 0 Å². The van der Waals surface area contributed by atoms with E-state index in [2.05, 4.69) is 0 Å². The Kier molecular flexibility index (Phi) is 11.4. The highest BCUT2D eigenvalue weighted by Crippen LogP contribution is 2.27. The second-order valence-corrected chi connectivity index (χ2v) is 7.95. The molecule has 0 radical (unpaired) electrons. The van der Waals surface area contributed by atoms with E-state index in [0.717, 1.165) is 68.8 Å². The van der Waals surface area contributed by atoms with Crippen molar-refractivity contribution in [3.63, 3.8) is 0 Å². The predicted octanol–water partition coefficient (Wildman–Crippen LogP) is 6.71. The molecule has 160 valence electrons. The Bertz CT molecular complexity index is 752. The monoisotopic (exact) mass is 406 g/mol. The van der Waals surface area contributed by atoms with Crippen molar-refractivity contribution in [1.29, 1.82) is 0 Å². The molecule has 2 aromatic rings. The largest absolute Gasteiger partial charge is 0.303 e. The van der Waals surface area contributed by atoms with Gasteiger partial charge in [-0.15, -0.1) is 0 Å². The molecule has 1 unspecified atom stereocenters. The molecule has 0 amide bonds. The molecule has 2 rings (SSSR count). The summed E-state index contributed by atoms with van der Waals surface area (Å²) in [4.78, 5) is 35.4. The van der Waals surface area contributed by atoms with E-state index in [1.807, 2.05) is 60.7 Å². The van der Waals surface area contributed by atoms with Crippen molar-refractivity contribution >= 4 is 17.9 Å². The standard InChI is InChI=1S/C27H34O3/c28-22-14-3-1-2-11-19-25(29)20-12-6-13-21-26(23-15-7-4-8-16-23)27(30)24-17-9-5-10-18-24/h4-5,7-10,15-18,22,26H,1-3,6,11-14,19-21H2. The number of ketones is 2. The predicted molar refractivity (Wildman–Crippen MR) is 122 cm³/mol. The molecule has 0 aromatic heterocycles. The minimum Gasteiger partial charge on any atom is -0.303 e. The van der Waals surface area contributed by atoms with Crippen LogP contribution in [0.2, 0.25) is 0 Å². The van der Waals surface area contributed by atoms with Crippen LogP contribution in [0.15, 0.2) is 60.7 Å². The van der Waals surface area contributed by atoms with Crippen LogP contribution in [0.25, 0.3) is 0 Å². The molecule has 0 aliphatic carbocycles. The number of Topliss-reactive ketones (excluding diaryl/α,β-unsaturated/α-hetero) is 2. The van der Waals surface area contributed by atoms with E-state index in [4.69, 9.17) is 0 Å². The maximum atomic E-state index is 13.1. The Morgan fingerprint density at radius 3 is 1.90 bits per heavy atom. The SMILES string of the molecule is O=CCCCCCCC(=O)CCCCCC(C(=O)c1ccccc1)c1ccccc1. The average Bonchev–Trinajstić information content (AvgIpc) is 2.79. The lowest BCUT2D eigenvalue weighted by Crippen LogP contribution is -2.13. The molecule has 3 nitrogen and oxygen atoms in total. The van der Waals surface area contributed by atoms with Gasteiger partial charge in [-0.25, -0.2) is 0 Å². The van der Waals surface area contributed by atoms with Gasteiger partial charge in [-0.05, 0) is 31.2 Å². The number of carbonyl (C=O) groups excluding carboxylic acids is 3. The summed E-state index contributed by atoms with van der Waals surface area (Å²) in [5.41, 5.74) is 1.83. The summed E-state index contributed by atoms with van der Waals surface area (Å²) >= 11 is 0. The molecule has 0 fully saturated rings. The van der Waals surface area contributed by atoms with Crippen LogP contribution < -0.4 is 0 Å². The van der Waals surface area contributed by atoms with Crippen LogP contribution in [-0.2, 0) is 9.59 Å². The molecule has 1 atom stereocenters. The van der Waals surface area contributed by atoms with Crippen LogP contribution in [0.5, 0.6) is 0 Å². The molecule has 0 heterocycles. The lowest BCUT2D eigenvalue weighted by atomic mass is 9.86. The second kappa shape index (κ2) is 14.4. The lowest BCUT2D eigenvalue weighted by Gasteiger charge is -2.16. The van der Waals surface area contributed by atoms with Gasteiger partial charge in [-0.1, -0.05) is 86.3 Å². The molecule has 0 spiro atoms. The zero-order valence-electron chi connectivity index (χ0n) is 17.9. The van der Waals surface area contributed by atoms with Crippen LogP contribution in [-0.4, -0.2) is 17.9 Å². The van der Waals surface area contributed by atoms with E-state index < -0.39 is 0 Å². The van der Waals surface area contributed by atoms with Crippen molar-refractivity contribution in [2.24, 2.45) is 0 Å². The molecule has 3 heteroatoms. The third-order valence-electron chi connectivity index (χ3n) is 5.55. The summed E-state index contributed by atoms with van der Waals surface area (Å²) in [6.45, 7) is 0. The molecule has 30 heavy (non-hydrogen) atoms. The quantitative estimate of drug-likeness (QED) is 0.177. The third kappa shape index (κ3) is 8.86. The highest BCUT2D eigenvalue weighted by atomic mass is 16.1. The van der Waals surface area contributed by atoms with Crippen LogP contribution in [0.1, 0.15) is 92.5 Å². The van der Waals surface area contributed by atoms with Crippen molar-refractivity contribution in [3.8, 4) is 0 Å². The molecule has 0 aliphatic rings. The summed E-state index contributed by atoms with van der Waals surface area (Å²) in [5.74, 6) is 0.383. The summed E-state index contributed by atoms with van der Waals surface area (Å²) in [5, 5.41) is 0. The first-order valence-electron chi connectivity index (χ1n) is 11.3. The van der Waals surface area contributed by atoms with Crippen LogP contribution >= 0.6 is 0 Å². The molecule has 0 saturated carbocycles. The van der Waals surface area contributed by atoms with Crippen molar-refractivity contribution < 1.29 is 14.4 Å². The fourth-order valence-corrected chi connectivity index (χ4v) is 3.81. The van der Waals surface area contributed by atoms with Gasteiger partial charge < -0.3 is 4.79 Å².